The lowest BCUT2D eigenvalue weighted by Crippen LogP contribution is -2.15. The molecule has 0 radical (unpaired) electrons. The average Bonchev–Trinajstić information content (AvgIpc) is 2.90. The first-order chi connectivity index (χ1) is 9.88. The monoisotopic (exact) mass is 293 g/mol. The number of carbonyl (C=O) groups excluding carboxylic acids is 1. The van der Waals surface area contributed by atoms with E-state index in [-0.39, 0.29) is 23.1 Å². The van der Waals surface area contributed by atoms with Gasteiger partial charge in [-0.25, -0.2) is 9.37 Å². The van der Waals surface area contributed by atoms with E-state index in [1.165, 1.54) is 0 Å². The first-order valence-electron chi connectivity index (χ1n) is 6.06. The summed E-state index contributed by atoms with van der Waals surface area (Å²) in [5.74, 6) is -1.14. The normalized spacial score (nSPS) is 10.7. The summed E-state index contributed by atoms with van der Waals surface area (Å²) in [6.07, 6.45) is 0. The van der Waals surface area contributed by atoms with Gasteiger partial charge in [0.25, 0.3) is 11.6 Å². The summed E-state index contributed by atoms with van der Waals surface area (Å²) >= 11 is 0. The summed E-state index contributed by atoms with van der Waals surface area (Å²) in [7, 11) is 0. The van der Waals surface area contributed by atoms with Crippen molar-refractivity contribution in [2.45, 2.75) is 19.8 Å². The maximum absolute atomic E-state index is 13.6. The second-order valence-electron chi connectivity index (χ2n) is 4.57. The van der Waals surface area contributed by atoms with E-state index in [1.807, 2.05) is 13.8 Å². The SMILES string of the molecule is CC(C)c1nc(C(=O)Nc2cc([N+](=O)[O-])ccc2F)n[nH]1. The number of nitro benzene ring substituents is 1. The standard InChI is InChI=1S/C12H12FN5O3/c1-6(2)10-15-11(17-16-10)12(19)14-9-5-7(18(20)21)3-4-8(9)13/h3-6H,1-2H3,(H,14,19)(H,15,16,17). The Labute approximate surface area is 118 Å². The van der Waals surface area contributed by atoms with Gasteiger partial charge in [-0.3, -0.25) is 20.0 Å². The molecule has 0 unspecified atom stereocenters. The molecule has 0 aliphatic heterocycles. The number of amides is 1. The van der Waals surface area contributed by atoms with Crippen molar-refractivity contribution in [1.29, 1.82) is 0 Å². The lowest BCUT2D eigenvalue weighted by molar-refractivity contribution is -0.384. The largest absolute Gasteiger partial charge is 0.316 e. The van der Waals surface area contributed by atoms with Crippen molar-refractivity contribution < 1.29 is 14.1 Å². The van der Waals surface area contributed by atoms with Crippen LogP contribution in [-0.2, 0) is 0 Å². The summed E-state index contributed by atoms with van der Waals surface area (Å²) in [6.45, 7) is 3.73. The molecule has 0 atom stereocenters. The zero-order chi connectivity index (χ0) is 15.6. The third-order valence-corrected chi connectivity index (χ3v) is 2.66. The van der Waals surface area contributed by atoms with Crippen molar-refractivity contribution >= 4 is 17.3 Å². The number of aromatic nitrogens is 3. The van der Waals surface area contributed by atoms with E-state index in [9.17, 15) is 19.3 Å². The molecule has 2 aromatic rings. The Balaban J connectivity index is 2.22. The topological polar surface area (TPSA) is 114 Å². The van der Waals surface area contributed by atoms with Crippen molar-refractivity contribution in [2.24, 2.45) is 0 Å². The van der Waals surface area contributed by atoms with Crippen LogP contribution in [0, 0.1) is 15.9 Å². The summed E-state index contributed by atoms with van der Waals surface area (Å²) < 4.78 is 13.6. The van der Waals surface area contributed by atoms with Gasteiger partial charge in [0.05, 0.1) is 10.6 Å². The van der Waals surface area contributed by atoms with Crippen molar-refractivity contribution in [3.05, 3.63) is 45.8 Å². The van der Waals surface area contributed by atoms with Crippen LogP contribution in [-0.4, -0.2) is 26.0 Å². The summed E-state index contributed by atoms with van der Waals surface area (Å²) in [6, 6.07) is 2.85. The van der Waals surface area contributed by atoms with Gasteiger partial charge >= 0.3 is 0 Å². The predicted molar refractivity (Wildman–Crippen MR) is 71.5 cm³/mol. The van der Waals surface area contributed by atoms with E-state index in [1.54, 1.807) is 0 Å². The van der Waals surface area contributed by atoms with Crippen molar-refractivity contribution in [1.82, 2.24) is 15.2 Å². The third-order valence-electron chi connectivity index (χ3n) is 2.66. The summed E-state index contributed by atoms with van der Waals surface area (Å²) in [4.78, 5) is 25.8. The fourth-order valence-electron chi connectivity index (χ4n) is 1.53. The van der Waals surface area contributed by atoms with E-state index in [2.05, 4.69) is 20.5 Å². The molecule has 0 bridgehead atoms. The first-order valence-corrected chi connectivity index (χ1v) is 6.06. The number of nitro groups is 1. The number of halogens is 1. The van der Waals surface area contributed by atoms with E-state index in [0.717, 1.165) is 18.2 Å². The Kier molecular flexibility index (Phi) is 3.92. The van der Waals surface area contributed by atoms with E-state index in [0.29, 0.717) is 5.82 Å². The lowest BCUT2D eigenvalue weighted by Gasteiger charge is -2.03. The molecule has 0 aliphatic carbocycles. The van der Waals surface area contributed by atoms with Gasteiger partial charge in [0.15, 0.2) is 0 Å². The molecule has 0 spiro atoms. The van der Waals surface area contributed by atoms with Crippen LogP contribution in [0.2, 0.25) is 0 Å². The Morgan fingerprint density at radius 3 is 2.76 bits per heavy atom. The number of carbonyl (C=O) groups is 1. The van der Waals surface area contributed by atoms with Crippen LogP contribution in [0.5, 0.6) is 0 Å². The maximum atomic E-state index is 13.6. The average molecular weight is 293 g/mol. The van der Waals surface area contributed by atoms with Gasteiger partial charge in [0.1, 0.15) is 11.6 Å². The third kappa shape index (κ3) is 3.19. The molecular weight excluding hydrogens is 281 g/mol. The molecule has 0 saturated carbocycles. The highest BCUT2D eigenvalue weighted by Gasteiger charge is 2.17. The maximum Gasteiger partial charge on any atom is 0.295 e. The minimum Gasteiger partial charge on any atom is -0.316 e. The molecule has 2 N–H and O–H groups in total. The molecular formula is C12H12FN5O3. The Morgan fingerprint density at radius 1 is 1.48 bits per heavy atom. The zero-order valence-corrected chi connectivity index (χ0v) is 11.3. The second kappa shape index (κ2) is 5.65. The quantitative estimate of drug-likeness (QED) is 0.662. The number of nitrogens with one attached hydrogen (secondary N) is 2. The van der Waals surface area contributed by atoms with E-state index in [4.69, 9.17) is 0 Å². The van der Waals surface area contributed by atoms with Crippen LogP contribution in [0.1, 0.15) is 36.2 Å². The van der Waals surface area contributed by atoms with Crippen LogP contribution in [0.3, 0.4) is 0 Å². The lowest BCUT2D eigenvalue weighted by atomic mass is 10.2. The van der Waals surface area contributed by atoms with Crippen LogP contribution >= 0.6 is 0 Å². The fourth-order valence-corrected chi connectivity index (χ4v) is 1.53. The highest BCUT2D eigenvalue weighted by molar-refractivity contribution is 6.01. The number of rotatable bonds is 4. The van der Waals surface area contributed by atoms with Gasteiger partial charge in [-0.2, -0.15) is 0 Å². The molecule has 1 heterocycles. The molecule has 0 aliphatic rings. The van der Waals surface area contributed by atoms with Crippen LogP contribution in [0.15, 0.2) is 18.2 Å². The number of H-pyrrole nitrogens is 1. The molecule has 110 valence electrons. The van der Waals surface area contributed by atoms with Gasteiger partial charge < -0.3 is 5.32 Å². The van der Waals surface area contributed by atoms with Crippen molar-refractivity contribution in [3.8, 4) is 0 Å². The molecule has 8 nitrogen and oxygen atoms in total. The molecule has 1 aromatic carbocycles. The van der Waals surface area contributed by atoms with Crippen LogP contribution < -0.4 is 5.32 Å². The second-order valence-corrected chi connectivity index (χ2v) is 4.57. The Bertz CT molecular complexity index is 698. The van der Waals surface area contributed by atoms with Crippen molar-refractivity contribution in [3.63, 3.8) is 0 Å². The number of benzene rings is 1. The molecule has 1 amide bonds. The van der Waals surface area contributed by atoms with Gasteiger partial charge in [0.2, 0.25) is 5.82 Å². The number of anilines is 1. The Hall–Kier alpha value is -2.84. The number of aromatic amines is 1. The molecule has 1 aromatic heterocycles. The van der Waals surface area contributed by atoms with Crippen LogP contribution in [0.25, 0.3) is 0 Å². The summed E-state index contributed by atoms with van der Waals surface area (Å²) in [5, 5.41) is 19.2. The van der Waals surface area contributed by atoms with E-state index < -0.39 is 16.6 Å². The van der Waals surface area contributed by atoms with Gasteiger partial charge in [-0.1, -0.05) is 13.8 Å². The number of nitrogens with zero attached hydrogens (tertiary/aromatic N) is 3. The van der Waals surface area contributed by atoms with Crippen LogP contribution in [0.4, 0.5) is 15.8 Å². The predicted octanol–water partition coefficient (Wildman–Crippen LogP) is 2.23. The molecule has 0 saturated heterocycles. The minimum atomic E-state index is -0.784. The van der Waals surface area contributed by atoms with Gasteiger partial charge in [-0.05, 0) is 6.07 Å². The molecule has 0 fully saturated rings. The highest BCUT2D eigenvalue weighted by Crippen LogP contribution is 2.21. The smallest absolute Gasteiger partial charge is 0.295 e. The molecule has 9 heteroatoms. The Morgan fingerprint density at radius 2 is 2.19 bits per heavy atom. The summed E-state index contributed by atoms with van der Waals surface area (Å²) in [5.41, 5.74) is -0.630. The number of non-ortho nitro benzene ring substituents is 1. The number of hydrogen-bond acceptors (Lipinski definition) is 5. The highest BCUT2D eigenvalue weighted by atomic mass is 19.1. The first kappa shape index (κ1) is 14.6. The molecule has 21 heavy (non-hydrogen) atoms. The zero-order valence-electron chi connectivity index (χ0n) is 11.3. The fraction of sp³-hybridized carbons (Fsp3) is 0.250. The molecule has 2 rings (SSSR count). The van der Waals surface area contributed by atoms with E-state index >= 15 is 0 Å². The minimum absolute atomic E-state index is 0.0496. The van der Waals surface area contributed by atoms with Gasteiger partial charge in [-0.15, -0.1) is 5.10 Å². The van der Waals surface area contributed by atoms with Gasteiger partial charge in [0, 0.05) is 18.1 Å². The van der Waals surface area contributed by atoms with Crippen molar-refractivity contribution in [2.75, 3.05) is 5.32 Å². The number of hydrogen-bond donors (Lipinski definition) is 2.